The van der Waals surface area contributed by atoms with Gasteiger partial charge in [0.25, 0.3) is 6.10 Å². The van der Waals surface area contributed by atoms with Gasteiger partial charge in [0.1, 0.15) is 6.10 Å². The van der Waals surface area contributed by atoms with E-state index in [1.807, 2.05) is 0 Å². The lowest BCUT2D eigenvalue weighted by atomic mass is 9.50. The molecule has 0 aromatic heterocycles. The monoisotopic (exact) mass is 476 g/mol. The highest BCUT2D eigenvalue weighted by Gasteiger charge is 2.67. The zero-order chi connectivity index (χ0) is 23.5. The smallest absolute Gasteiger partial charge is 0.432 e. The molecule has 7 nitrogen and oxygen atoms in total. The summed E-state index contributed by atoms with van der Waals surface area (Å²) < 4.78 is 107. The van der Waals surface area contributed by atoms with Crippen LogP contribution in [0.15, 0.2) is 12.2 Å². The molecule has 0 spiro atoms. The number of hydrogen-bond donors (Lipinski definition) is 1. The van der Waals surface area contributed by atoms with Crippen molar-refractivity contribution in [3.05, 3.63) is 12.2 Å². The maximum atomic E-state index is 13.8. The van der Waals surface area contributed by atoms with Gasteiger partial charge in [0, 0.05) is 11.5 Å². The zero-order valence-corrected chi connectivity index (χ0v) is 17.1. The van der Waals surface area contributed by atoms with Crippen molar-refractivity contribution in [2.75, 3.05) is 0 Å². The van der Waals surface area contributed by atoms with E-state index in [0.717, 1.165) is 0 Å². The SMILES string of the molecule is C=C(C)C(=O)OC1C2CC3CC(C2)C(C(=O)OC(C(F)(F)F)C(F)(F)S(=O)(=O)O)C1C3. The van der Waals surface area contributed by atoms with E-state index in [1.165, 1.54) is 6.92 Å². The Morgan fingerprint density at radius 1 is 1.06 bits per heavy atom. The molecule has 0 amide bonds. The van der Waals surface area contributed by atoms with Gasteiger partial charge in [-0.05, 0) is 50.4 Å². The number of ether oxygens (including phenoxy) is 2. The van der Waals surface area contributed by atoms with Gasteiger partial charge >= 0.3 is 33.5 Å². The summed E-state index contributed by atoms with van der Waals surface area (Å²) in [5.41, 5.74) is 0.0814. The van der Waals surface area contributed by atoms with Crippen LogP contribution in [0.5, 0.6) is 0 Å². The van der Waals surface area contributed by atoms with Crippen LogP contribution in [0.3, 0.4) is 0 Å². The third kappa shape index (κ3) is 4.30. The normalized spacial score (nSPS) is 33.6. The average Bonchev–Trinajstić information content (AvgIpc) is 2.59. The average molecular weight is 476 g/mol. The highest BCUT2D eigenvalue weighted by molar-refractivity contribution is 7.86. The number of carbonyl (C=O) groups excluding carboxylic acids is 2. The van der Waals surface area contributed by atoms with Crippen molar-refractivity contribution in [1.82, 2.24) is 0 Å². The third-order valence-corrected chi connectivity index (χ3v) is 7.29. The Morgan fingerprint density at radius 3 is 2.16 bits per heavy atom. The molecule has 0 radical (unpaired) electrons. The van der Waals surface area contributed by atoms with Gasteiger partial charge in [0.2, 0.25) is 0 Å². The summed E-state index contributed by atoms with van der Waals surface area (Å²) in [6, 6.07) is 0. The van der Waals surface area contributed by atoms with E-state index in [1.54, 1.807) is 0 Å². The second-order valence-corrected chi connectivity index (χ2v) is 10.1. The first-order chi connectivity index (χ1) is 14.0. The van der Waals surface area contributed by atoms with Crippen LogP contribution in [0.4, 0.5) is 22.0 Å². The van der Waals surface area contributed by atoms with Gasteiger partial charge in [0.15, 0.2) is 0 Å². The van der Waals surface area contributed by atoms with Gasteiger partial charge in [0.05, 0.1) is 5.92 Å². The predicted octanol–water partition coefficient (Wildman–Crippen LogP) is 3.11. The fraction of sp³-hybridized carbons (Fsp3) is 0.778. The number of hydrogen-bond acceptors (Lipinski definition) is 6. The molecule has 176 valence electrons. The van der Waals surface area contributed by atoms with Crippen LogP contribution >= 0.6 is 0 Å². The molecule has 0 saturated heterocycles. The molecule has 0 aliphatic heterocycles. The maximum Gasteiger partial charge on any atom is 0.432 e. The van der Waals surface area contributed by atoms with Crippen LogP contribution < -0.4 is 0 Å². The van der Waals surface area contributed by atoms with Gasteiger partial charge in [-0.1, -0.05) is 6.58 Å². The first kappa shape index (κ1) is 23.9. The van der Waals surface area contributed by atoms with Crippen LogP contribution in [-0.2, 0) is 29.2 Å². The summed E-state index contributed by atoms with van der Waals surface area (Å²) in [5.74, 6) is -4.88. The lowest BCUT2D eigenvalue weighted by molar-refractivity contribution is -0.265. The minimum Gasteiger partial charge on any atom is -0.458 e. The number of alkyl halides is 5. The molecule has 4 rings (SSSR count). The summed E-state index contributed by atoms with van der Waals surface area (Å²) >= 11 is 0. The van der Waals surface area contributed by atoms with Crippen molar-refractivity contribution in [2.24, 2.45) is 29.6 Å². The lowest BCUT2D eigenvalue weighted by Crippen LogP contribution is -2.59. The maximum absolute atomic E-state index is 13.8. The molecule has 4 aliphatic rings. The van der Waals surface area contributed by atoms with Gasteiger partial charge in [-0.25, -0.2) is 4.79 Å². The molecule has 13 heteroatoms. The summed E-state index contributed by atoms with van der Waals surface area (Å²) in [7, 11) is -6.53. The van der Waals surface area contributed by atoms with Crippen LogP contribution in [0.2, 0.25) is 0 Å². The van der Waals surface area contributed by atoms with Crippen LogP contribution in [0.1, 0.15) is 32.6 Å². The summed E-state index contributed by atoms with van der Waals surface area (Å²) in [6.45, 7) is 4.85. The molecular formula is C18H21F5O7S. The molecule has 0 aromatic rings. The van der Waals surface area contributed by atoms with Crippen molar-refractivity contribution in [3.8, 4) is 0 Å². The van der Waals surface area contributed by atoms with E-state index >= 15 is 0 Å². The standard InChI is InChI=1S/C18H21F5O7S/c1-7(2)14(24)29-13-10-4-8-3-9(6-10)12(11(13)5-8)15(25)30-16(17(19,20)21)18(22,23)31(26,27)28/h8-13,16H,1,3-6H2,2H3,(H,26,27,28). The predicted molar refractivity (Wildman–Crippen MR) is 93.0 cm³/mol. The van der Waals surface area contributed by atoms with Gasteiger partial charge in [-0.15, -0.1) is 0 Å². The lowest BCUT2D eigenvalue weighted by Gasteiger charge is -2.56. The zero-order valence-electron chi connectivity index (χ0n) is 16.3. The molecule has 7 atom stereocenters. The third-order valence-electron chi connectivity index (χ3n) is 6.38. The van der Waals surface area contributed by atoms with Crippen molar-refractivity contribution >= 4 is 22.1 Å². The molecular weight excluding hydrogens is 455 g/mol. The minimum atomic E-state index is -6.53. The van der Waals surface area contributed by atoms with Crippen LogP contribution in [0.25, 0.3) is 0 Å². The molecule has 7 unspecified atom stereocenters. The van der Waals surface area contributed by atoms with E-state index < -0.39 is 63.4 Å². The Bertz CT molecular complexity index is 884. The molecule has 0 aromatic carbocycles. The number of halogens is 5. The first-order valence-electron chi connectivity index (χ1n) is 9.52. The van der Waals surface area contributed by atoms with E-state index in [4.69, 9.17) is 9.29 Å². The molecule has 4 saturated carbocycles. The second kappa shape index (κ2) is 7.68. The second-order valence-electron chi connectivity index (χ2n) is 8.56. The van der Waals surface area contributed by atoms with Crippen LogP contribution in [-0.4, -0.2) is 48.5 Å². The molecule has 4 aliphatic carbocycles. The fourth-order valence-corrected chi connectivity index (χ4v) is 5.74. The first-order valence-corrected chi connectivity index (χ1v) is 11.0. The minimum absolute atomic E-state index is 0.0814. The largest absolute Gasteiger partial charge is 0.458 e. The Hall–Kier alpha value is -1.76. The number of rotatable bonds is 6. The number of carbonyl (C=O) groups is 2. The molecule has 1 N–H and O–H groups in total. The van der Waals surface area contributed by atoms with Crippen molar-refractivity contribution in [2.45, 2.75) is 56.2 Å². The number of esters is 2. The van der Waals surface area contributed by atoms with Gasteiger partial charge in [-0.2, -0.15) is 30.4 Å². The summed E-state index contributed by atoms with van der Waals surface area (Å²) in [5, 5.41) is -5.79. The van der Waals surface area contributed by atoms with Gasteiger partial charge in [-0.3, -0.25) is 9.35 Å². The quantitative estimate of drug-likeness (QED) is 0.272. The highest BCUT2D eigenvalue weighted by atomic mass is 32.2. The van der Waals surface area contributed by atoms with E-state index in [-0.39, 0.29) is 17.4 Å². The Labute approximate surface area is 174 Å². The molecule has 31 heavy (non-hydrogen) atoms. The summed E-state index contributed by atoms with van der Waals surface area (Å²) in [6.07, 6.45) is -9.34. The van der Waals surface area contributed by atoms with E-state index in [2.05, 4.69) is 11.3 Å². The van der Waals surface area contributed by atoms with Crippen molar-refractivity contribution in [3.63, 3.8) is 0 Å². The Balaban J connectivity index is 1.87. The van der Waals surface area contributed by atoms with Crippen LogP contribution in [0, 0.1) is 29.6 Å². The highest BCUT2D eigenvalue weighted by Crippen LogP contribution is 2.58. The molecule has 0 heterocycles. The molecule has 4 fully saturated rings. The molecule has 4 bridgehead atoms. The van der Waals surface area contributed by atoms with Gasteiger partial charge < -0.3 is 9.47 Å². The Kier molecular flexibility index (Phi) is 5.92. The fourth-order valence-electron chi connectivity index (χ4n) is 5.29. The summed E-state index contributed by atoms with van der Waals surface area (Å²) in [4.78, 5) is 24.6. The van der Waals surface area contributed by atoms with E-state index in [0.29, 0.717) is 25.7 Å². The van der Waals surface area contributed by atoms with E-state index in [9.17, 15) is 40.0 Å². The Morgan fingerprint density at radius 2 is 1.65 bits per heavy atom. The topological polar surface area (TPSA) is 107 Å². The van der Waals surface area contributed by atoms with Crippen molar-refractivity contribution < 1.29 is 54.0 Å². The van der Waals surface area contributed by atoms with Crippen molar-refractivity contribution in [1.29, 1.82) is 0 Å².